The minimum Gasteiger partial charge on any atom is -0.441 e. The van der Waals surface area contributed by atoms with Crippen LogP contribution in [-0.2, 0) is 11.3 Å². The van der Waals surface area contributed by atoms with Crippen LogP contribution in [0.2, 0.25) is 0 Å². The summed E-state index contributed by atoms with van der Waals surface area (Å²) < 4.78 is 7.75. The van der Waals surface area contributed by atoms with Gasteiger partial charge in [-0.3, -0.25) is 14.5 Å². The zero-order chi connectivity index (χ0) is 29.3. The van der Waals surface area contributed by atoms with Crippen molar-refractivity contribution in [2.75, 3.05) is 26.2 Å². The van der Waals surface area contributed by atoms with Gasteiger partial charge in [0, 0.05) is 66.9 Å². The lowest BCUT2D eigenvalue weighted by atomic mass is 9.92. The minimum absolute atomic E-state index is 0.143. The highest BCUT2D eigenvalue weighted by atomic mass is 16.6. The van der Waals surface area contributed by atoms with E-state index in [-0.39, 0.29) is 35.7 Å². The Balaban J connectivity index is 1.39. The Kier molecular flexibility index (Phi) is 7.96. The van der Waals surface area contributed by atoms with E-state index in [9.17, 15) is 14.4 Å². The third-order valence-corrected chi connectivity index (χ3v) is 8.52. The number of alkyl carbamates (subject to hydrolysis) is 1. The van der Waals surface area contributed by atoms with E-state index in [1.807, 2.05) is 32.9 Å². The van der Waals surface area contributed by atoms with Crippen LogP contribution in [0.25, 0.3) is 10.9 Å². The molecule has 1 spiro atoms. The number of aromatic nitrogens is 2. The first-order valence-electron chi connectivity index (χ1n) is 14.4. The van der Waals surface area contributed by atoms with E-state index in [2.05, 4.69) is 63.0 Å². The predicted molar refractivity (Wildman–Crippen MR) is 159 cm³/mol. The zero-order valence-corrected chi connectivity index (χ0v) is 24.6. The van der Waals surface area contributed by atoms with Crippen LogP contribution in [0.4, 0.5) is 4.79 Å². The van der Waals surface area contributed by atoms with Crippen LogP contribution < -0.4 is 16.2 Å². The molecule has 2 fully saturated rings. The topological polar surface area (TPSA) is 108 Å². The zero-order valence-electron chi connectivity index (χ0n) is 24.6. The smallest absolute Gasteiger partial charge is 0.407 e. The Morgan fingerprint density at radius 1 is 1.15 bits per heavy atom. The highest BCUT2D eigenvalue weighted by molar-refractivity contribution is 6.08. The van der Waals surface area contributed by atoms with Gasteiger partial charge in [0.2, 0.25) is 0 Å². The van der Waals surface area contributed by atoms with Crippen LogP contribution in [0.1, 0.15) is 77.5 Å². The molecule has 0 radical (unpaired) electrons. The van der Waals surface area contributed by atoms with E-state index in [1.54, 1.807) is 0 Å². The lowest BCUT2D eigenvalue weighted by Gasteiger charge is -2.36. The number of carbonyl (C=O) groups is 2. The molecule has 0 saturated carbocycles. The molecule has 2 amide bonds. The van der Waals surface area contributed by atoms with Gasteiger partial charge in [-0.25, -0.2) is 4.79 Å². The summed E-state index contributed by atoms with van der Waals surface area (Å²) in [6.07, 6.45) is 4.31. The van der Waals surface area contributed by atoms with Crippen LogP contribution in [0.5, 0.6) is 0 Å². The maximum absolute atomic E-state index is 13.6. The molecule has 9 nitrogen and oxygen atoms in total. The Morgan fingerprint density at radius 3 is 2.56 bits per heavy atom. The van der Waals surface area contributed by atoms with Crippen LogP contribution >= 0.6 is 0 Å². The average molecular weight is 558 g/mol. The fourth-order valence-corrected chi connectivity index (χ4v) is 5.92. The number of nitrogens with one attached hydrogen (secondary N) is 3. The molecule has 3 N–H and O–H groups in total. The second kappa shape index (κ2) is 11.5. The number of pyridine rings is 1. The fourth-order valence-electron chi connectivity index (χ4n) is 5.92. The quantitative estimate of drug-likeness (QED) is 0.396. The number of aromatic amines is 1. The Labute approximate surface area is 240 Å². The number of hydrogen-bond donors (Lipinski definition) is 3. The Morgan fingerprint density at radius 2 is 1.90 bits per heavy atom. The summed E-state index contributed by atoms with van der Waals surface area (Å²) in [4.78, 5) is 42.7. The van der Waals surface area contributed by atoms with Crippen molar-refractivity contribution in [1.82, 2.24) is 25.1 Å². The van der Waals surface area contributed by atoms with Gasteiger partial charge in [-0.15, -0.1) is 0 Å². The molecule has 9 heteroatoms. The number of benzene rings is 1. The number of aryl methyl sites for hydroxylation is 3. The lowest BCUT2D eigenvalue weighted by molar-refractivity contribution is 0.00397. The SMILES string of the molecule is CC[C@H](C)n1cc(C)c2c(C(=O)NCc3c(C)cc(C)[nH]c3=O)cc(C#CCN3CCC4(CC3)CNC(=O)O4)cc21. The van der Waals surface area contributed by atoms with Crippen LogP contribution in [0.3, 0.4) is 0 Å². The van der Waals surface area contributed by atoms with Crippen LogP contribution in [-0.4, -0.2) is 58.2 Å². The molecule has 2 aromatic heterocycles. The van der Waals surface area contributed by atoms with Gasteiger partial charge in [0.1, 0.15) is 5.60 Å². The molecule has 3 aromatic rings. The van der Waals surface area contributed by atoms with Crippen molar-refractivity contribution >= 4 is 22.9 Å². The molecule has 2 aliphatic heterocycles. The first-order valence-corrected chi connectivity index (χ1v) is 14.4. The first kappa shape index (κ1) is 28.5. The van der Waals surface area contributed by atoms with Crippen molar-refractivity contribution in [1.29, 1.82) is 0 Å². The van der Waals surface area contributed by atoms with Gasteiger partial charge in [-0.1, -0.05) is 18.8 Å². The number of H-pyrrole nitrogens is 1. The van der Waals surface area contributed by atoms with Crippen molar-refractivity contribution in [3.8, 4) is 11.8 Å². The minimum atomic E-state index is -0.379. The number of ether oxygens (including phenoxy) is 1. The lowest BCUT2D eigenvalue weighted by Crippen LogP contribution is -2.46. The summed E-state index contributed by atoms with van der Waals surface area (Å²) in [6.45, 7) is 13.0. The molecule has 5 rings (SSSR count). The molecular formula is C32H39N5O4. The normalized spacial score (nSPS) is 17.1. The summed E-state index contributed by atoms with van der Waals surface area (Å²) in [5.74, 6) is 6.37. The van der Waals surface area contributed by atoms with Gasteiger partial charge < -0.3 is 24.9 Å². The van der Waals surface area contributed by atoms with Crippen LogP contribution in [0.15, 0.2) is 29.2 Å². The fraction of sp³-hybridized carbons (Fsp3) is 0.469. The molecule has 41 heavy (non-hydrogen) atoms. The van der Waals surface area contributed by atoms with Gasteiger partial charge >= 0.3 is 6.09 Å². The molecule has 0 unspecified atom stereocenters. The van der Waals surface area contributed by atoms with Crippen molar-refractivity contribution < 1.29 is 14.3 Å². The highest BCUT2D eigenvalue weighted by Crippen LogP contribution is 2.31. The Bertz CT molecular complexity index is 1610. The third kappa shape index (κ3) is 5.89. The molecule has 1 aromatic carbocycles. The number of carbonyl (C=O) groups excluding carboxylic acids is 2. The second-order valence-corrected chi connectivity index (χ2v) is 11.5. The maximum atomic E-state index is 13.6. The van der Waals surface area contributed by atoms with Crippen molar-refractivity contribution in [2.45, 2.75) is 72.1 Å². The standard InChI is InChI=1S/C32H39N5O4/c1-6-23(5)37-18-21(3)28-25(29(38)33-17-26-20(2)14-22(4)35-30(26)39)15-24(16-27(28)37)8-7-11-36-12-9-32(10-13-36)19-34-31(40)41-32/h14-16,18,23H,6,9-13,17,19H2,1-5H3,(H,33,38)(H,34,40)(H,35,39)/t23-/m0/s1. The Hall–Kier alpha value is -4.03. The molecule has 1 atom stereocenters. The van der Waals surface area contributed by atoms with E-state index in [1.165, 1.54) is 0 Å². The van der Waals surface area contributed by atoms with Crippen molar-refractivity contribution in [3.05, 3.63) is 68.3 Å². The highest BCUT2D eigenvalue weighted by Gasteiger charge is 2.42. The summed E-state index contributed by atoms with van der Waals surface area (Å²) in [5, 5.41) is 6.66. The number of hydrogen-bond acceptors (Lipinski definition) is 5. The summed E-state index contributed by atoms with van der Waals surface area (Å²) >= 11 is 0. The van der Waals surface area contributed by atoms with E-state index >= 15 is 0 Å². The number of amides is 2. The van der Waals surface area contributed by atoms with E-state index in [0.29, 0.717) is 24.2 Å². The van der Waals surface area contributed by atoms with E-state index in [0.717, 1.165) is 65.6 Å². The third-order valence-electron chi connectivity index (χ3n) is 8.52. The predicted octanol–water partition coefficient (Wildman–Crippen LogP) is 4.08. The largest absolute Gasteiger partial charge is 0.441 e. The number of rotatable bonds is 6. The van der Waals surface area contributed by atoms with E-state index in [4.69, 9.17) is 4.74 Å². The summed E-state index contributed by atoms with van der Waals surface area (Å²) in [5.41, 5.74) is 4.97. The number of nitrogens with zero attached hydrogens (tertiary/aromatic N) is 2. The van der Waals surface area contributed by atoms with Gasteiger partial charge in [0.05, 0.1) is 24.2 Å². The number of fused-ring (bicyclic) bond motifs is 1. The van der Waals surface area contributed by atoms with Crippen LogP contribution in [0, 0.1) is 32.6 Å². The second-order valence-electron chi connectivity index (χ2n) is 11.5. The van der Waals surface area contributed by atoms with Crippen molar-refractivity contribution in [3.63, 3.8) is 0 Å². The molecule has 0 bridgehead atoms. The monoisotopic (exact) mass is 557 g/mol. The molecular weight excluding hydrogens is 518 g/mol. The molecule has 216 valence electrons. The molecule has 4 heterocycles. The number of piperidine rings is 1. The summed E-state index contributed by atoms with van der Waals surface area (Å²) in [6, 6.07) is 6.10. The first-order chi connectivity index (χ1) is 19.6. The maximum Gasteiger partial charge on any atom is 0.407 e. The molecule has 0 aliphatic carbocycles. The van der Waals surface area contributed by atoms with E-state index < -0.39 is 0 Å². The number of likely N-dealkylation sites (tertiary alicyclic amines) is 1. The molecule has 2 aliphatic rings. The summed E-state index contributed by atoms with van der Waals surface area (Å²) in [7, 11) is 0. The van der Waals surface area contributed by atoms with Crippen molar-refractivity contribution in [2.24, 2.45) is 0 Å². The van der Waals surface area contributed by atoms with Gasteiger partial charge in [0.15, 0.2) is 0 Å². The van der Waals surface area contributed by atoms with Gasteiger partial charge in [0.25, 0.3) is 11.5 Å². The molecule has 2 saturated heterocycles. The van der Waals surface area contributed by atoms with Gasteiger partial charge in [-0.2, -0.15) is 0 Å². The average Bonchev–Trinajstić information content (AvgIpc) is 3.47. The van der Waals surface area contributed by atoms with Gasteiger partial charge in [-0.05, 0) is 63.4 Å².